The first-order valence-electron chi connectivity index (χ1n) is 19.9. The number of nitrogens with zero attached hydrogens (tertiary/aromatic N) is 4. The lowest BCUT2D eigenvalue weighted by Gasteiger charge is -2.11. The number of hydrogen-bond acceptors (Lipinski definition) is 6. The highest BCUT2D eigenvalue weighted by molar-refractivity contribution is 7.26. The second kappa shape index (κ2) is 13.9. The third-order valence-electron chi connectivity index (χ3n) is 11.4. The standard InChI is InChI=1S/C54H32N4OS/c1-3-13-33(14-4-1)39-19-10-26-46-48(39)42-22-8-24-44(50(42)59-46)53-56-52(34-15-5-2-6-16-34)57-54(58-53)45-25-9-23-43-49-41(21-11-27-47(49)60-51(43)45)40-20-7-17-36-31-35(28-29-38(36)40)37-18-12-30-55-32-37/h1-32H. The van der Waals surface area contributed by atoms with Crippen LogP contribution in [0, 0.1) is 0 Å². The van der Waals surface area contributed by atoms with Gasteiger partial charge in [-0.3, -0.25) is 4.98 Å². The van der Waals surface area contributed by atoms with Gasteiger partial charge in [0.1, 0.15) is 11.2 Å². The molecule has 12 rings (SSSR count). The fourth-order valence-electron chi connectivity index (χ4n) is 8.70. The largest absolute Gasteiger partial charge is 0.455 e. The first-order valence-corrected chi connectivity index (χ1v) is 20.8. The Morgan fingerprint density at radius 1 is 0.400 bits per heavy atom. The molecular weight excluding hydrogens is 753 g/mol. The molecule has 0 atom stereocenters. The van der Waals surface area contributed by atoms with Gasteiger partial charge in [-0.2, -0.15) is 0 Å². The number of aromatic nitrogens is 4. The van der Waals surface area contributed by atoms with Gasteiger partial charge in [0.05, 0.1) is 5.56 Å². The number of thiophene rings is 1. The maximum Gasteiger partial charge on any atom is 0.167 e. The molecule has 4 heterocycles. The Morgan fingerprint density at radius 3 is 1.90 bits per heavy atom. The van der Waals surface area contributed by atoms with Crippen LogP contribution in [-0.4, -0.2) is 19.9 Å². The average molecular weight is 785 g/mol. The number of para-hydroxylation sites is 1. The number of benzene rings is 8. The molecule has 12 aromatic rings. The van der Waals surface area contributed by atoms with Crippen LogP contribution in [0.15, 0.2) is 199 Å². The van der Waals surface area contributed by atoms with Gasteiger partial charge >= 0.3 is 0 Å². The van der Waals surface area contributed by atoms with Crippen LogP contribution in [0.2, 0.25) is 0 Å². The van der Waals surface area contributed by atoms with Gasteiger partial charge in [0.2, 0.25) is 0 Å². The predicted molar refractivity (Wildman–Crippen MR) is 248 cm³/mol. The zero-order valence-corrected chi connectivity index (χ0v) is 32.9. The highest BCUT2D eigenvalue weighted by Gasteiger charge is 2.22. The molecule has 0 aliphatic carbocycles. The molecular formula is C54H32N4OS. The first kappa shape index (κ1) is 34.3. The minimum atomic E-state index is 0.560. The minimum absolute atomic E-state index is 0.560. The Kier molecular flexibility index (Phi) is 7.96. The van der Waals surface area contributed by atoms with Gasteiger partial charge in [0.25, 0.3) is 0 Å². The molecule has 8 aromatic carbocycles. The van der Waals surface area contributed by atoms with Gasteiger partial charge in [0, 0.05) is 60.0 Å². The molecule has 4 aromatic heterocycles. The molecule has 0 saturated heterocycles. The summed E-state index contributed by atoms with van der Waals surface area (Å²) >= 11 is 1.78. The molecule has 60 heavy (non-hydrogen) atoms. The summed E-state index contributed by atoms with van der Waals surface area (Å²) in [6.07, 6.45) is 3.73. The Balaban J connectivity index is 1.05. The van der Waals surface area contributed by atoms with Crippen molar-refractivity contribution in [3.63, 3.8) is 0 Å². The highest BCUT2D eigenvalue weighted by atomic mass is 32.1. The molecule has 0 bridgehead atoms. The van der Waals surface area contributed by atoms with Crippen LogP contribution in [0.1, 0.15) is 0 Å². The van der Waals surface area contributed by atoms with Crippen molar-refractivity contribution in [2.75, 3.05) is 0 Å². The van der Waals surface area contributed by atoms with Gasteiger partial charge in [-0.15, -0.1) is 11.3 Å². The van der Waals surface area contributed by atoms with E-state index in [1.807, 2.05) is 60.9 Å². The molecule has 0 aliphatic heterocycles. The smallest absolute Gasteiger partial charge is 0.167 e. The van der Waals surface area contributed by atoms with Crippen molar-refractivity contribution >= 4 is 64.2 Å². The van der Waals surface area contributed by atoms with E-state index in [4.69, 9.17) is 19.4 Å². The summed E-state index contributed by atoms with van der Waals surface area (Å²) < 4.78 is 9.05. The first-order chi connectivity index (χ1) is 29.7. The summed E-state index contributed by atoms with van der Waals surface area (Å²) in [5.41, 5.74) is 11.2. The topological polar surface area (TPSA) is 64.7 Å². The number of fused-ring (bicyclic) bond motifs is 7. The van der Waals surface area contributed by atoms with E-state index in [1.54, 1.807) is 11.3 Å². The van der Waals surface area contributed by atoms with Crippen molar-refractivity contribution in [3.05, 3.63) is 194 Å². The average Bonchev–Trinajstić information content (AvgIpc) is 3.91. The lowest BCUT2D eigenvalue weighted by Crippen LogP contribution is -2.00. The van der Waals surface area contributed by atoms with Crippen LogP contribution < -0.4 is 0 Å². The SMILES string of the molecule is c1ccc(-c2nc(-c3cccc4c3oc3cccc(-c5ccccc5)c34)nc(-c3cccc4c3sc3cccc(-c5cccc6cc(-c7cccnc7)ccc56)c34)n2)cc1. The zero-order valence-electron chi connectivity index (χ0n) is 32.1. The van der Waals surface area contributed by atoms with E-state index in [2.05, 4.69) is 138 Å². The lowest BCUT2D eigenvalue weighted by molar-refractivity contribution is 0.669. The van der Waals surface area contributed by atoms with Gasteiger partial charge in [0.15, 0.2) is 17.5 Å². The van der Waals surface area contributed by atoms with E-state index >= 15 is 0 Å². The summed E-state index contributed by atoms with van der Waals surface area (Å²) in [4.78, 5) is 20.0. The molecule has 280 valence electrons. The molecule has 5 nitrogen and oxygen atoms in total. The monoisotopic (exact) mass is 784 g/mol. The van der Waals surface area contributed by atoms with E-state index in [0.29, 0.717) is 17.5 Å². The van der Waals surface area contributed by atoms with Crippen LogP contribution in [0.3, 0.4) is 0 Å². The second-order valence-electron chi connectivity index (χ2n) is 14.9. The fourth-order valence-corrected chi connectivity index (χ4v) is 9.93. The summed E-state index contributed by atoms with van der Waals surface area (Å²) in [7, 11) is 0. The molecule has 0 spiro atoms. The van der Waals surface area contributed by atoms with Crippen molar-refractivity contribution in [3.8, 4) is 67.5 Å². The Hall–Kier alpha value is -7.80. The zero-order chi connectivity index (χ0) is 39.6. The number of pyridine rings is 1. The molecule has 6 heteroatoms. The number of hydrogen-bond donors (Lipinski definition) is 0. The third-order valence-corrected chi connectivity index (χ3v) is 12.6. The third kappa shape index (κ3) is 5.61. The van der Waals surface area contributed by atoms with Crippen LogP contribution in [0.4, 0.5) is 0 Å². The lowest BCUT2D eigenvalue weighted by atomic mass is 9.93. The van der Waals surface area contributed by atoms with Crippen LogP contribution in [0.5, 0.6) is 0 Å². The molecule has 0 saturated carbocycles. The summed E-state index contributed by atoms with van der Waals surface area (Å²) in [5.74, 6) is 1.78. The van der Waals surface area contributed by atoms with Crippen molar-refractivity contribution in [2.24, 2.45) is 0 Å². The van der Waals surface area contributed by atoms with Crippen LogP contribution in [-0.2, 0) is 0 Å². The van der Waals surface area contributed by atoms with Crippen molar-refractivity contribution in [1.82, 2.24) is 19.9 Å². The molecule has 0 amide bonds. The van der Waals surface area contributed by atoms with Gasteiger partial charge < -0.3 is 4.42 Å². The quantitative estimate of drug-likeness (QED) is 0.168. The summed E-state index contributed by atoms with van der Waals surface area (Å²) in [5, 5.41) is 6.88. The normalized spacial score (nSPS) is 11.7. The number of rotatable bonds is 6. The van der Waals surface area contributed by atoms with E-state index < -0.39 is 0 Å². The van der Waals surface area contributed by atoms with Crippen molar-refractivity contribution < 1.29 is 4.42 Å². The van der Waals surface area contributed by atoms with E-state index in [9.17, 15) is 0 Å². The van der Waals surface area contributed by atoms with Crippen molar-refractivity contribution in [1.29, 1.82) is 0 Å². The van der Waals surface area contributed by atoms with Crippen molar-refractivity contribution in [2.45, 2.75) is 0 Å². The molecule has 0 fully saturated rings. The van der Waals surface area contributed by atoms with Crippen LogP contribution in [0.25, 0.3) is 120 Å². The molecule has 0 N–H and O–H groups in total. The Labute approximate surface area is 348 Å². The summed E-state index contributed by atoms with van der Waals surface area (Å²) in [6.45, 7) is 0. The van der Waals surface area contributed by atoms with Crippen LogP contribution >= 0.6 is 11.3 Å². The minimum Gasteiger partial charge on any atom is -0.455 e. The maximum absolute atomic E-state index is 6.72. The summed E-state index contributed by atoms with van der Waals surface area (Å²) in [6, 6.07) is 63.6. The molecule has 0 unspecified atom stereocenters. The molecule has 0 aliphatic rings. The highest BCUT2D eigenvalue weighted by Crippen LogP contribution is 2.46. The molecule has 0 radical (unpaired) electrons. The van der Waals surface area contributed by atoms with E-state index in [1.165, 1.54) is 37.4 Å². The van der Waals surface area contributed by atoms with E-state index in [-0.39, 0.29) is 0 Å². The van der Waals surface area contributed by atoms with Gasteiger partial charge in [-0.25, -0.2) is 15.0 Å². The van der Waals surface area contributed by atoms with Gasteiger partial charge in [-0.05, 0) is 75.0 Å². The fraction of sp³-hybridized carbons (Fsp3) is 0. The number of furan rings is 1. The second-order valence-corrected chi connectivity index (χ2v) is 16.0. The Bertz CT molecular complexity index is 3600. The predicted octanol–water partition coefficient (Wildman–Crippen LogP) is 14.7. The Morgan fingerprint density at radius 2 is 1.07 bits per heavy atom. The van der Waals surface area contributed by atoms with E-state index in [0.717, 1.165) is 65.6 Å². The van der Waals surface area contributed by atoms with Gasteiger partial charge in [-0.1, -0.05) is 146 Å². The maximum atomic E-state index is 6.72.